The maximum Gasteiger partial charge on any atom is 0.287 e. The van der Waals surface area contributed by atoms with Gasteiger partial charge in [0.1, 0.15) is 5.82 Å². The minimum Gasteiger partial charge on any atom is -0.444 e. The molecule has 5 heteroatoms. The third-order valence-corrected chi connectivity index (χ3v) is 3.41. The molecule has 0 spiro atoms. The summed E-state index contributed by atoms with van der Waals surface area (Å²) < 4.78 is 18.7. The Morgan fingerprint density at radius 3 is 2.35 bits per heavy atom. The molecule has 0 saturated carbocycles. The van der Waals surface area contributed by atoms with Crippen molar-refractivity contribution < 1.29 is 13.6 Å². The summed E-state index contributed by atoms with van der Waals surface area (Å²) in [6.45, 7) is 3.98. The third kappa shape index (κ3) is 3.48. The van der Waals surface area contributed by atoms with Crippen molar-refractivity contribution in [3.63, 3.8) is 0 Å². The van der Waals surface area contributed by atoms with Crippen molar-refractivity contribution in [2.75, 3.05) is 0 Å². The summed E-state index contributed by atoms with van der Waals surface area (Å²) in [5.74, 6) is -0.177. The summed E-state index contributed by atoms with van der Waals surface area (Å²) in [7, 11) is 0. The highest BCUT2D eigenvalue weighted by Gasteiger charge is 2.20. The second-order valence-electron chi connectivity index (χ2n) is 4.85. The Balaban J connectivity index is 2.17. The highest BCUT2D eigenvalue weighted by atomic mass is 79.9. The molecule has 2 rings (SSSR count). The standard InChI is InChI=1S/C15H15BrFNO2/c1-9(2)14(10-3-5-11(17)6-4-10)18-15(19)12-7-8-13(16)20-12/h3-9,14H,1-2H3,(H,18,19). The molecule has 0 aliphatic rings. The largest absolute Gasteiger partial charge is 0.444 e. The summed E-state index contributed by atoms with van der Waals surface area (Å²) in [6.07, 6.45) is 0. The van der Waals surface area contributed by atoms with Crippen molar-refractivity contribution in [1.82, 2.24) is 5.32 Å². The van der Waals surface area contributed by atoms with E-state index in [1.807, 2.05) is 13.8 Å². The molecule has 2 aromatic rings. The fraction of sp³-hybridized carbons (Fsp3) is 0.267. The van der Waals surface area contributed by atoms with Gasteiger partial charge < -0.3 is 9.73 Å². The van der Waals surface area contributed by atoms with Crippen LogP contribution in [-0.2, 0) is 0 Å². The van der Waals surface area contributed by atoms with E-state index in [9.17, 15) is 9.18 Å². The molecular formula is C15H15BrFNO2. The van der Waals surface area contributed by atoms with E-state index < -0.39 is 0 Å². The molecule has 0 radical (unpaired) electrons. The van der Waals surface area contributed by atoms with E-state index in [0.29, 0.717) is 4.67 Å². The van der Waals surface area contributed by atoms with Gasteiger partial charge >= 0.3 is 0 Å². The molecule has 1 aromatic heterocycles. The molecule has 0 saturated heterocycles. The number of rotatable bonds is 4. The molecule has 1 unspecified atom stereocenters. The van der Waals surface area contributed by atoms with Gasteiger partial charge in [0.25, 0.3) is 5.91 Å². The van der Waals surface area contributed by atoms with E-state index in [1.165, 1.54) is 12.1 Å². The first kappa shape index (κ1) is 14.8. The van der Waals surface area contributed by atoms with Crippen LogP contribution in [0.4, 0.5) is 4.39 Å². The van der Waals surface area contributed by atoms with E-state index in [-0.39, 0.29) is 29.4 Å². The van der Waals surface area contributed by atoms with Crippen molar-refractivity contribution in [2.24, 2.45) is 5.92 Å². The SMILES string of the molecule is CC(C)C(NC(=O)c1ccc(Br)o1)c1ccc(F)cc1. The molecule has 1 amide bonds. The van der Waals surface area contributed by atoms with Gasteiger partial charge in [0, 0.05) is 0 Å². The molecular weight excluding hydrogens is 325 g/mol. The lowest BCUT2D eigenvalue weighted by molar-refractivity contribution is 0.0896. The van der Waals surface area contributed by atoms with Gasteiger partial charge in [0.2, 0.25) is 0 Å². The van der Waals surface area contributed by atoms with E-state index >= 15 is 0 Å². The summed E-state index contributed by atoms with van der Waals surface area (Å²) in [5, 5.41) is 2.91. The van der Waals surface area contributed by atoms with E-state index in [0.717, 1.165) is 5.56 Å². The number of carbonyl (C=O) groups excluding carboxylic acids is 1. The first-order valence-corrected chi connectivity index (χ1v) is 7.08. The van der Waals surface area contributed by atoms with Crippen LogP contribution in [0.15, 0.2) is 45.5 Å². The summed E-state index contributed by atoms with van der Waals surface area (Å²) in [6, 6.07) is 9.20. The Kier molecular flexibility index (Phi) is 4.60. The molecule has 0 aliphatic carbocycles. The zero-order valence-corrected chi connectivity index (χ0v) is 12.8. The lowest BCUT2D eigenvalue weighted by Crippen LogP contribution is -2.31. The maximum absolute atomic E-state index is 13.0. The predicted molar refractivity (Wildman–Crippen MR) is 77.9 cm³/mol. The highest BCUT2D eigenvalue weighted by molar-refractivity contribution is 9.10. The Morgan fingerprint density at radius 1 is 1.20 bits per heavy atom. The fourth-order valence-corrected chi connectivity index (χ4v) is 2.26. The van der Waals surface area contributed by atoms with Gasteiger partial charge in [-0.3, -0.25) is 4.79 Å². The summed E-state index contributed by atoms with van der Waals surface area (Å²) >= 11 is 3.16. The zero-order valence-electron chi connectivity index (χ0n) is 11.2. The quantitative estimate of drug-likeness (QED) is 0.901. The molecule has 0 fully saturated rings. The first-order valence-electron chi connectivity index (χ1n) is 6.29. The van der Waals surface area contributed by atoms with Crippen LogP contribution in [0.1, 0.15) is 36.0 Å². The van der Waals surface area contributed by atoms with Gasteiger partial charge in [-0.2, -0.15) is 0 Å². The minimum absolute atomic E-state index is 0.169. The molecule has 1 atom stereocenters. The summed E-state index contributed by atoms with van der Waals surface area (Å²) in [5.41, 5.74) is 0.861. The average molecular weight is 340 g/mol. The number of hydrogen-bond donors (Lipinski definition) is 1. The average Bonchev–Trinajstić information content (AvgIpc) is 2.83. The molecule has 106 valence electrons. The molecule has 3 nitrogen and oxygen atoms in total. The van der Waals surface area contributed by atoms with Crippen LogP contribution in [0.5, 0.6) is 0 Å². The Morgan fingerprint density at radius 2 is 1.85 bits per heavy atom. The third-order valence-electron chi connectivity index (χ3n) is 2.98. The topological polar surface area (TPSA) is 42.2 Å². The molecule has 1 aromatic carbocycles. The Labute approximate surface area is 125 Å². The minimum atomic E-state index is -0.294. The van der Waals surface area contributed by atoms with Crippen molar-refractivity contribution >= 4 is 21.8 Å². The maximum atomic E-state index is 13.0. The second-order valence-corrected chi connectivity index (χ2v) is 5.63. The molecule has 0 aliphatic heterocycles. The fourth-order valence-electron chi connectivity index (χ4n) is 1.95. The molecule has 1 heterocycles. The van der Waals surface area contributed by atoms with Gasteiger partial charge in [-0.15, -0.1) is 0 Å². The van der Waals surface area contributed by atoms with Crippen LogP contribution in [0.25, 0.3) is 0 Å². The van der Waals surface area contributed by atoms with E-state index in [4.69, 9.17) is 4.42 Å². The van der Waals surface area contributed by atoms with Crippen LogP contribution >= 0.6 is 15.9 Å². The van der Waals surface area contributed by atoms with Crippen LogP contribution < -0.4 is 5.32 Å². The number of benzene rings is 1. The lowest BCUT2D eigenvalue weighted by Gasteiger charge is -2.22. The monoisotopic (exact) mass is 339 g/mol. The van der Waals surface area contributed by atoms with E-state index in [2.05, 4.69) is 21.2 Å². The Bertz CT molecular complexity index is 592. The normalized spacial score (nSPS) is 12.4. The molecule has 0 bridgehead atoms. The summed E-state index contributed by atoms with van der Waals surface area (Å²) in [4.78, 5) is 12.1. The number of furan rings is 1. The van der Waals surface area contributed by atoms with Gasteiger partial charge in [0.05, 0.1) is 6.04 Å². The van der Waals surface area contributed by atoms with Crippen molar-refractivity contribution in [2.45, 2.75) is 19.9 Å². The van der Waals surface area contributed by atoms with Crippen LogP contribution in [-0.4, -0.2) is 5.91 Å². The van der Waals surface area contributed by atoms with Gasteiger partial charge in [-0.25, -0.2) is 4.39 Å². The van der Waals surface area contributed by atoms with Gasteiger partial charge in [0.15, 0.2) is 10.4 Å². The second kappa shape index (κ2) is 6.22. The van der Waals surface area contributed by atoms with Gasteiger partial charge in [-0.1, -0.05) is 26.0 Å². The Hall–Kier alpha value is -1.62. The number of carbonyl (C=O) groups is 1. The van der Waals surface area contributed by atoms with E-state index in [1.54, 1.807) is 24.3 Å². The number of halogens is 2. The number of amides is 1. The molecule has 20 heavy (non-hydrogen) atoms. The smallest absolute Gasteiger partial charge is 0.287 e. The predicted octanol–water partition coefficient (Wildman–Crippen LogP) is 4.31. The number of hydrogen-bond acceptors (Lipinski definition) is 2. The van der Waals surface area contributed by atoms with Gasteiger partial charge in [-0.05, 0) is 51.7 Å². The number of nitrogens with one attached hydrogen (secondary N) is 1. The van der Waals surface area contributed by atoms with Crippen molar-refractivity contribution in [3.05, 3.63) is 58.2 Å². The van der Waals surface area contributed by atoms with Crippen LogP contribution in [0, 0.1) is 11.7 Å². The van der Waals surface area contributed by atoms with Crippen LogP contribution in [0.3, 0.4) is 0 Å². The first-order chi connectivity index (χ1) is 9.47. The van der Waals surface area contributed by atoms with Crippen molar-refractivity contribution in [1.29, 1.82) is 0 Å². The van der Waals surface area contributed by atoms with Crippen molar-refractivity contribution in [3.8, 4) is 0 Å². The highest BCUT2D eigenvalue weighted by Crippen LogP contribution is 2.23. The van der Waals surface area contributed by atoms with Crippen LogP contribution in [0.2, 0.25) is 0 Å². The zero-order chi connectivity index (χ0) is 14.7. The lowest BCUT2D eigenvalue weighted by atomic mass is 9.96. The molecule has 1 N–H and O–H groups in total.